The third kappa shape index (κ3) is 2.42. The van der Waals surface area contributed by atoms with Crippen molar-refractivity contribution in [1.82, 2.24) is 0 Å². The molecular weight excluding hydrogens is 232 g/mol. The smallest absolute Gasteiger partial charge is 0.304 e. The molecule has 1 aliphatic rings. The SMILES string of the molecule is CC1(C)Oc2ccc(C(C)(C)CC(=O)O)cc2O1. The zero-order valence-electron chi connectivity index (χ0n) is 11.1. The zero-order valence-corrected chi connectivity index (χ0v) is 11.1. The van der Waals surface area contributed by atoms with Crippen LogP contribution in [0.4, 0.5) is 0 Å². The lowest BCUT2D eigenvalue weighted by atomic mass is 9.81. The maximum absolute atomic E-state index is 10.9. The third-order valence-corrected chi connectivity index (χ3v) is 3.03. The number of carbonyl (C=O) groups is 1. The third-order valence-electron chi connectivity index (χ3n) is 3.03. The van der Waals surface area contributed by atoms with E-state index in [1.54, 1.807) is 0 Å². The van der Waals surface area contributed by atoms with Crippen molar-refractivity contribution >= 4 is 5.97 Å². The molecule has 0 radical (unpaired) electrons. The van der Waals surface area contributed by atoms with Gasteiger partial charge in [0.15, 0.2) is 11.5 Å². The molecule has 0 unspecified atom stereocenters. The van der Waals surface area contributed by atoms with Crippen LogP contribution in [0.3, 0.4) is 0 Å². The molecule has 4 heteroatoms. The van der Waals surface area contributed by atoms with Crippen LogP contribution in [-0.4, -0.2) is 16.9 Å². The molecule has 1 aliphatic heterocycles. The lowest BCUT2D eigenvalue weighted by molar-refractivity contribution is -0.138. The number of rotatable bonds is 3. The van der Waals surface area contributed by atoms with E-state index in [-0.39, 0.29) is 6.42 Å². The van der Waals surface area contributed by atoms with Gasteiger partial charge in [-0.15, -0.1) is 0 Å². The Bertz CT molecular complexity index is 489. The molecule has 0 saturated carbocycles. The van der Waals surface area contributed by atoms with Gasteiger partial charge in [-0.05, 0) is 17.7 Å². The van der Waals surface area contributed by atoms with Crippen molar-refractivity contribution in [3.8, 4) is 11.5 Å². The highest BCUT2D eigenvalue weighted by molar-refractivity contribution is 5.69. The van der Waals surface area contributed by atoms with Gasteiger partial charge in [0.25, 0.3) is 0 Å². The number of benzene rings is 1. The first-order valence-corrected chi connectivity index (χ1v) is 5.94. The van der Waals surface area contributed by atoms with Crippen LogP contribution in [0, 0.1) is 0 Å². The maximum atomic E-state index is 10.9. The van der Waals surface area contributed by atoms with Crippen molar-refractivity contribution in [1.29, 1.82) is 0 Å². The van der Waals surface area contributed by atoms with E-state index in [1.807, 2.05) is 45.9 Å². The molecule has 2 rings (SSSR count). The Morgan fingerprint density at radius 1 is 1.28 bits per heavy atom. The minimum Gasteiger partial charge on any atom is -0.481 e. The van der Waals surface area contributed by atoms with Crippen LogP contribution >= 0.6 is 0 Å². The molecule has 1 aromatic rings. The van der Waals surface area contributed by atoms with E-state index in [1.165, 1.54) is 0 Å². The zero-order chi connectivity index (χ0) is 13.6. The lowest BCUT2D eigenvalue weighted by Gasteiger charge is -2.23. The van der Waals surface area contributed by atoms with Crippen LogP contribution < -0.4 is 9.47 Å². The molecule has 0 aromatic heterocycles. The van der Waals surface area contributed by atoms with Gasteiger partial charge in [0.1, 0.15) is 0 Å². The molecule has 0 spiro atoms. The molecule has 0 saturated heterocycles. The number of fused-ring (bicyclic) bond motifs is 1. The van der Waals surface area contributed by atoms with Gasteiger partial charge in [-0.25, -0.2) is 0 Å². The fourth-order valence-corrected chi connectivity index (χ4v) is 2.12. The van der Waals surface area contributed by atoms with E-state index >= 15 is 0 Å². The number of aliphatic carboxylic acids is 1. The topological polar surface area (TPSA) is 55.8 Å². The standard InChI is InChI=1S/C14H18O4/c1-13(2,8-12(15)16)9-5-6-10-11(7-9)18-14(3,4)17-10/h5-7H,8H2,1-4H3,(H,15,16). The summed E-state index contributed by atoms with van der Waals surface area (Å²) in [5, 5.41) is 8.93. The molecular formula is C14H18O4. The number of ether oxygens (including phenoxy) is 2. The predicted molar refractivity (Wildman–Crippen MR) is 67.1 cm³/mol. The van der Waals surface area contributed by atoms with Gasteiger partial charge < -0.3 is 14.6 Å². The van der Waals surface area contributed by atoms with Crippen molar-refractivity contribution in [2.24, 2.45) is 0 Å². The second kappa shape index (κ2) is 3.90. The van der Waals surface area contributed by atoms with Crippen LogP contribution in [0.15, 0.2) is 18.2 Å². The highest BCUT2D eigenvalue weighted by Gasteiger charge is 2.33. The van der Waals surface area contributed by atoms with Crippen molar-refractivity contribution in [2.45, 2.75) is 45.3 Å². The van der Waals surface area contributed by atoms with Crippen LogP contribution in [0.5, 0.6) is 11.5 Å². The second-order valence-electron chi connectivity index (χ2n) is 5.72. The highest BCUT2D eigenvalue weighted by atomic mass is 16.7. The summed E-state index contributed by atoms with van der Waals surface area (Å²) in [6.07, 6.45) is 0.0794. The first kappa shape index (κ1) is 12.7. The lowest BCUT2D eigenvalue weighted by Crippen LogP contribution is -2.29. The number of carboxylic acids is 1. The molecule has 0 bridgehead atoms. The molecule has 1 heterocycles. The largest absolute Gasteiger partial charge is 0.481 e. The first-order valence-electron chi connectivity index (χ1n) is 5.94. The molecule has 4 nitrogen and oxygen atoms in total. The van der Waals surface area contributed by atoms with Crippen LogP contribution in [-0.2, 0) is 10.2 Å². The summed E-state index contributed by atoms with van der Waals surface area (Å²) in [6.45, 7) is 7.50. The summed E-state index contributed by atoms with van der Waals surface area (Å²) in [6, 6.07) is 5.60. The van der Waals surface area contributed by atoms with E-state index in [0.29, 0.717) is 11.5 Å². The van der Waals surface area contributed by atoms with Crippen molar-refractivity contribution in [3.63, 3.8) is 0 Å². The minimum atomic E-state index is -0.807. The fourth-order valence-electron chi connectivity index (χ4n) is 2.12. The molecule has 1 N–H and O–H groups in total. The minimum absolute atomic E-state index is 0.0794. The summed E-state index contributed by atoms with van der Waals surface area (Å²) in [7, 11) is 0. The van der Waals surface area contributed by atoms with Crippen molar-refractivity contribution < 1.29 is 19.4 Å². The average molecular weight is 250 g/mol. The van der Waals surface area contributed by atoms with E-state index in [9.17, 15) is 4.79 Å². The summed E-state index contributed by atoms with van der Waals surface area (Å²) in [4.78, 5) is 10.9. The molecule has 0 atom stereocenters. The Morgan fingerprint density at radius 3 is 2.50 bits per heavy atom. The van der Waals surface area contributed by atoms with E-state index in [0.717, 1.165) is 5.56 Å². The molecule has 18 heavy (non-hydrogen) atoms. The maximum Gasteiger partial charge on any atom is 0.304 e. The Kier molecular flexibility index (Phi) is 2.76. The van der Waals surface area contributed by atoms with Crippen LogP contribution in [0.1, 0.15) is 39.7 Å². The predicted octanol–water partition coefficient (Wildman–Crippen LogP) is 2.95. The van der Waals surface area contributed by atoms with Gasteiger partial charge in [-0.1, -0.05) is 19.9 Å². The number of carboxylic acid groups (broad SMARTS) is 1. The van der Waals surface area contributed by atoms with Gasteiger partial charge >= 0.3 is 5.97 Å². The van der Waals surface area contributed by atoms with Crippen molar-refractivity contribution in [2.75, 3.05) is 0 Å². The molecule has 0 fully saturated rings. The monoisotopic (exact) mass is 250 g/mol. The summed E-state index contributed by atoms with van der Waals surface area (Å²) >= 11 is 0. The number of hydrogen-bond acceptors (Lipinski definition) is 3. The van der Waals surface area contributed by atoms with Gasteiger partial charge in [-0.3, -0.25) is 4.79 Å². The fraction of sp³-hybridized carbons (Fsp3) is 0.500. The summed E-state index contributed by atoms with van der Waals surface area (Å²) < 4.78 is 11.3. The normalized spacial score (nSPS) is 16.7. The molecule has 1 aromatic carbocycles. The van der Waals surface area contributed by atoms with Crippen LogP contribution in [0.25, 0.3) is 0 Å². The number of hydrogen-bond donors (Lipinski definition) is 1. The Labute approximate surface area is 107 Å². The second-order valence-corrected chi connectivity index (χ2v) is 5.72. The Balaban J connectivity index is 2.31. The Hall–Kier alpha value is -1.71. The highest BCUT2D eigenvalue weighted by Crippen LogP contribution is 2.42. The first-order chi connectivity index (χ1) is 8.20. The van der Waals surface area contributed by atoms with Gasteiger partial charge in [0, 0.05) is 19.3 Å². The van der Waals surface area contributed by atoms with Crippen molar-refractivity contribution in [3.05, 3.63) is 23.8 Å². The van der Waals surface area contributed by atoms with E-state index in [2.05, 4.69) is 0 Å². The Morgan fingerprint density at radius 2 is 1.89 bits per heavy atom. The summed E-state index contributed by atoms with van der Waals surface area (Å²) in [5.74, 6) is -0.0819. The molecule has 0 aliphatic carbocycles. The van der Waals surface area contributed by atoms with Gasteiger partial charge in [0.2, 0.25) is 5.79 Å². The summed E-state index contributed by atoms with van der Waals surface area (Å²) in [5.41, 5.74) is 0.502. The molecule has 98 valence electrons. The average Bonchev–Trinajstić information content (AvgIpc) is 2.47. The van der Waals surface area contributed by atoms with E-state index < -0.39 is 17.2 Å². The quantitative estimate of drug-likeness (QED) is 0.896. The molecule has 0 amide bonds. The van der Waals surface area contributed by atoms with Crippen LogP contribution in [0.2, 0.25) is 0 Å². The van der Waals surface area contributed by atoms with Gasteiger partial charge in [0.05, 0.1) is 6.42 Å². The van der Waals surface area contributed by atoms with E-state index in [4.69, 9.17) is 14.6 Å². The van der Waals surface area contributed by atoms with Gasteiger partial charge in [-0.2, -0.15) is 0 Å².